The van der Waals surface area contributed by atoms with Gasteiger partial charge in [-0.05, 0) is 69.8 Å². The first-order valence-electron chi connectivity index (χ1n) is 10.9. The smallest absolute Gasteiger partial charge is 0.0137 e. The second-order valence-corrected chi connectivity index (χ2v) is 15.3. The predicted octanol–water partition coefficient (Wildman–Crippen LogP) is 6.81. The zero-order chi connectivity index (χ0) is 19.2. The van der Waals surface area contributed by atoms with E-state index in [1.807, 2.05) is 10.6 Å². The Morgan fingerprint density at radius 3 is 1.08 bits per heavy atom. The molecule has 2 fully saturated rings. The molecule has 2 aliphatic rings. The fraction of sp³-hybridized carbons (Fsp3) is 0.750. The highest BCUT2D eigenvalue weighted by atomic mass is 31.1. The van der Waals surface area contributed by atoms with Crippen LogP contribution in [-0.2, 0) is 0 Å². The molecule has 1 aromatic carbocycles. The zero-order valence-electron chi connectivity index (χ0n) is 18.2. The maximum absolute atomic E-state index is 2.54. The molecule has 0 bridgehead atoms. The van der Waals surface area contributed by atoms with E-state index in [4.69, 9.17) is 0 Å². The molecule has 2 saturated heterocycles. The Kier molecular flexibility index (Phi) is 6.57. The normalized spacial score (nSPS) is 32.4. The molecule has 0 aliphatic carbocycles. The molecule has 0 radical (unpaired) electrons. The molecule has 0 spiro atoms. The van der Waals surface area contributed by atoms with Crippen LogP contribution >= 0.6 is 15.8 Å². The Bertz CT molecular complexity index is 523. The second kappa shape index (κ2) is 8.21. The van der Waals surface area contributed by atoms with Crippen LogP contribution in [0.4, 0.5) is 0 Å². The number of hydrogen-bond acceptors (Lipinski definition) is 0. The van der Waals surface area contributed by atoms with Crippen LogP contribution in [0.5, 0.6) is 0 Å². The summed E-state index contributed by atoms with van der Waals surface area (Å²) in [4.78, 5) is 0. The fourth-order valence-electron chi connectivity index (χ4n) is 5.15. The molecule has 2 aliphatic heterocycles. The lowest BCUT2D eigenvalue weighted by atomic mass is 9.98. The van der Waals surface area contributed by atoms with E-state index in [0.29, 0.717) is 0 Å². The summed E-state index contributed by atoms with van der Waals surface area (Å²) in [5.41, 5.74) is 3.80. The Morgan fingerprint density at radius 2 is 0.846 bits per heavy atom. The van der Waals surface area contributed by atoms with Crippen LogP contribution in [0.3, 0.4) is 0 Å². The van der Waals surface area contributed by atoms with Gasteiger partial charge in [0.05, 0.1) is 0 Å². The number of hydrogen-bond donors (Lipinski definition) is 0. The summed E-state index contributed by atoms with van der Waals surface area (Å²) in [6.07, 6.45) is 2.93. The van der Waals surface area contributed by atoms with Crippen LogP contribution in [-0.4, -0.2) is 22.6 Å². The lowest BCUT2D eigenvalue weighted by Gasteiger charge is -2.54. The van der Waals surface area contributed by atoms with Gasteiger partial charge in [-0.3, -0.25) is 0 Å². The first-order valence-corrected chi connectivity index (χ1v) is 13.9. The summed E-state index contributed by atoms with van der Waals surface area (Å²) >= 11 is 0. The highest BCUT2D eigenvalue weighted by Crippen LogP contribution is 2.67. The minimum absolute atomic E-state index is 0.0158. The van der Waals surface area contributed by atoms with Gasteiger partial charge < -0.3 is 0 Å². The molecule has 0 saturated carbocycles. The topological polar surface area (TPSA) is 0 Å². The van der Waals surface area contributed by atoms with Crippen LogP contribution in [0, 0.1) is 23.7 Å². The van der Waals surface area contributed by atoms with Gasteiger partial charge in [0.15, 0.2) is 0 Å². The van der Waals surface area contributed by atoms with Gasteiger partial charge in [0.2, 0.25) is 0 Å². The second-order valence-electron chi connectivity index (χ2n) is 10.0. The molecule has 1 unspecified atom stereocenters. The van der Waals surface area contributed by atoms with E-state index in [0.717, 1.165) is 46.3 Å². The summed E-state index contributed by atoms with van der Waals surface area (Å²) in [6, 6.07) is 9.75. The third-order valence-corrected chi connectivity index (χ3v) is 15.1. The van der Waals surface area contributed by atoms with Gasteiger partial charge in [0.1, 0.15) is 0 Å². The van der Waals surface area contributed by atoms with E-state index in [1.165, 1.54) is 12.8 Å². The lowest BCUT2D eigenvalue weighted by Crippen LogP contribution is -2.48. The third-order valence-electron chi connectivity index (χ3n) is 6.91. The Labute approximate surface area is 165 Å². The summed E-state index contributed by atoms with van der Waals surface area (Å²) in [5, 5.41) is 3.63. The van der Waals surface area contributed by atoms with Gasteiger partial charge in [0, 0.05) is 0 Å². The summed E-state index contributed by atoms with van der Waals surface area (Å²) < 4.78 is 0. The summed E-state index contributed by atoms with van der Waals surface area (Å²) in [5.74, 6) is 3.33. The first kappa shape index (κ1) is 20.8. The van der Waals surface area contributed by atoms with Crippen molar-refractivity contribution in [3.05, 3.63) is 24.3 Å². The van der Waals surface area contributed by atoms with Crippen molar-refractivity contribution in [1.82, 2.24) is 0 Å². The van der Waals surface area contributed by atoms with Crippen molar-refractivity contribution in [3.8, 4) is 0 Å². The van der Waals surface area contributed by atoms with Crippen LogP contribution in [0.25, 0.3) is 0 Å². The van der Waals surface area contributed by atoms with Crippen molar-refractivity contribution < 1.29 is 0 Å². The van der Waals surface area contributed by atoms with Crippen molar-refractivity contribution in [3.63, 3.8) is 0 Å². The van der Waals surface area contributed by atoms with E-state index in [2.05, 4.69) is 79.7 Å². The van der Waals surface area contributed by atoms with Gasteiger partial charge in [-0.15, -0.1) is 0 Å². The number of benzene rings is 1. The van der Waals surface area contributed by atoms with E-state index >= 15 is 0 Å². The highest BCUT2D eigenvalue weighted by molar-refractivity contribution is 7.74. The zero-order valence-corrected chi connectivity index (χ0v) is 20.0. The van der Waals surface area contributed by atoms with Crippen molar-refractivity contribution in [2.45, 2.75) is 90.9 Å². The van der Waals surface area contributed by atoms with Crippen LogP contribution in [0.1, 0.15) is 68.2 Å². The SMILES string of the molecule is CC(C)[C@H]1C[C@@H](C(C)C)P1c1ccccc1P1[C@H](C(C)C)C[C@H]1C(C)C. The molecule has 146 valence electrons. The van der Waals surface area contributed by atoms with Crippen LogP contribution in [0.15, 0.2) is 24.3 Å². The molecule has 26 heavy (non-hydrogen) atoms. The number of rotatable bonds is 6. The van der Waals surface area contributed by atoms with Crippen molar-refractivity contribution >= 4 is 26.5 Å². The van der Waals surface area contributed by atoms with Crippen LogP contribution < -0.4 is 10.6 Å². The fourth-order valence-corrected chi connectivity index (χ4v) is 13.1. The maximum Gasteiger partial charge on any atom is -0.0137 e. The largest absolute Gasteiger partial charge is 0.0677 e. The molecule has 0 N–H and O–H groups in total. The average Bonchev–Trinajstić information content (AvgIpc) is 2.45. The molecule has 0 nitrogen and oxygen atoms in total. The van der Waals surface area contributed by atoms with Gasteiger partial charge in [-0.1, -0.05) is 95.5 Å². The first-order chi connectivity index (χ1) is 12.2. The molecular formula is C24H40P2. The monoisotopic (exact) mass is 390 g/mol. The van der Waals surface area contributed by atoms with Gasteiger partial charge in [-0.25, -0.2) is 0 Å². The molecule has 0 aromatic heterocycles. The quantitative estimate of drug-likeness (QED) is 0.468. The van der Waals surface area contributed by atoms with E-state index in [1.54, 1.807) is 0 Å². The standard InChI is InChI=1S/C24H40P2/c1-15(2)21-13-22(16(3)4)25(21)19-11-9-10-12-20(19)26-23(17(5)6)14-24(26)18(7)8/h9-12,15-18,21-24H,13-14H2,1-8H3/t21-,22-,23-,24+,26?/m0/s1. The van der Waals surface area contributed by atoms with E-state index in [9.17, 15) is 0 Å². The Morgan fingerprint density at radius 1 is 0.577 bits per heavy atom. The molecular weight excluding hydrogens is 350 g/mol. The van der Waals surface area contributed by atoms with E-state index < -0.39 is 0 Å². The molecule has 2 heterocycles. The Hall–Kier alpha value is 0.0800. The molecule has 2 heteroatoms. The summed E-state index contributed by atoms with van der Waals surface area (Å²) in [6.45, 7) is 19.7. The average molecular weight is 391 g/mol. The minimum Gasteiger partial charge on any atom is -0.0677 e. The van der Waals surface area contributed by atoms with E-state index in [-0.39, 0.29) is 15.8 Å². The lowest BCUT2D eigenvalue weighted by molar-refractivity contribution is 0.447. The van der Waals surface area contributed by atoms with Gasteiger partial charge in [0.25, 0.3) is 0 Å². The molecule has 0 amide bonds. The van der Waals surface area contributed by atoms with Crippen molar-refractivity contribution in [2.75, 3.05) is 0 Å². The maximum atomic E-state index is 2.54. The minimum atomic E-state index is 0.0158. The third kappa shape index (κ3) is 3.67. The van der Waals surface area contributed by atoms with Crippen molar-refractivity contribution in [1.29, 1.82) is 0 Å². The van der Waals surface area contributed by atoms with Gasteiger partial charge >= 0.3 is 0 Å². The Balaban J connectivity index is 1.99. The molecule has 3 rings (SSSR count). The van der Waals surface area contributed by atoms with Crippen LogP contribution in [0.2, 0.25) is 0 Å². The predicted molar refractivity (Wildman–Crippen MR) is 123 cm³/mol. The highest BCUT2D eigenvalue weighted by Gasteiger charge is 2.49. The van der Waals surface area contributed by atoms with Crippen molar-refractivity contribution in [2.24, 2.45) is 23.7 Å². The molecule has 5 atom stereocenters. The molecule has 1 aromatic rings. The van der Waals surface area contributed by atoms with Gasteiger partial charge in [-0.2, -0.15) is 0 Å². The summed E-state index contributed by atoms with van der Waals surface area (Å²) in [7, 11) is 0.0316.